The van der Waals surface area contributed by atoms with E-state index >= 15 is 0 Å². The Hall–Kier alpha value is -1.59. The normalized spacial score (nSPS) is 18.6. The molecular weight excluding hydrogens is 292 g/mol. The van der Waals surface area contributed by atoms with E-state index in [1.54, 1.807) is 4.90 Å². The topological polar surface area (TPSA) is 69.6 Å². The third-order valence-electron chi connectivity index (χ3n) is 3.64. The van der Waals surface area contributed by atoms with Gasteiger partial charge in [0.05, 0.1) is 6.54 Å². The molecule has 1 saturated heterocycles. The maximum absolute atomic E-state index is 11.8. The van der Waals surface area contributed by atoms with E-state index in [1.165, 1.54) is 0 Å². The zero-order valence-corrected chi connectivity index (χ0v) is 12.5. The summed E-state index contributed by atoms with van der Waals surface area (Å²) in [5.41, 5.74) is 1.10. The van der Waals surface area contributed by atoms with Crippen LogP contribution in [0.3, 0.4) is 0 Å². The van der Waals surface area contributed by atoms with Crippen LogP contribution < -0.4 is 5.32 Å². The molecule has 1 aromatic rings. The van der Waals surface area contributed by atoms with Crippen LogP contribution in [0.1, 0.15) is 18.4 Å². The number of carbonyl (C=O) groups is 2. The average molecular weight is 311 g/mol. The highest BCUT2D eigenvalue weighted by Gasteiger charge is 2.31. The molecule has 2 rings (SSSR count). The summed E-state index contributed by atoms with van der Waals surface area (Å²) in [6.07, 6.45) is 2.17. The fraction of sp³-hybridized carbons (Fsp3) is 0.467. The quantitative estimate of drug-likeness (QED) is 0.836. The first-order chi connectivity index (χ1) is 10.1. The summed E-state index contributed by atoms with van der Waals surface area (Å²) < 4.78 is 0. The molecule has 0 saturated carbocycles. The first kappa shape index (κ1) is 15.8. The second-order valence-corrected chi connectivity index (χ2v) is 5.63. The number of carbonyl (C=O) groups excluding carboxylic acids is 1. The van der Waals surface area contributed by atoms with Gasteiger partial charge in [-0.1, -0.05) is 23.7 Å². The fourth-order valence-electron chi connectivity index (χ4n) is 2.53. The van der Waals surface area contributed by atoms with Gasteiger partial charge >= 0.3 is 5.97 Å². The van der Waals surface area contributed by atoms with Crippen LogP contribution in [-0.4, -0.2) is 47.6 Å². The number of benzene rings is 1. The molecule has 0 aliphatic carbocycles. The number of nitrogens with zero attached hydrogens (tertiary/aromatic N) is 1. The molecular formula is C15H19ClN2O3. The molecule has 0 radical (unpaired) electrons. The number of hydrogen-bond acceptors (Lipinski definition) is 3. The molecule has 1 aliphatic rings. The van der Waals surface area contributed by atoms with Crippen LogP contribution in [0, 0.1) is 0 Å². The monoisotopic (exact) mass is 310 g/mol. The summed E-state index contributed by atoms with van der Waals surface area (Å²) in [6, 6.07) is 6.97. The van der Waals surface area contributed by atoms with Gasteiger partial charge in [-0.3, -0.25) is 14.5 Å². The number of aliphatic carboxylic acids is 1. The van der Waals surface area contributed by atoms with Crippen molar-refractivity contribution in [1.29, 1.82) is 0 Å². The summed E-state index contributed by atoms with van der Waals surface area (Å²) in [4.78, 5) is 24.6. The van der Waals surface area contributed by atoms with Crippen LogP contribution in [0.4, 0.5) is 0 Å². The molecule has 1 heterocycles. The van der Waals surface area contributed by atoms with Gasteiger partial charge in [-0.15, -0.1) is 0 Å². The smallest absolute Gasteiger partial charge is 0.320 e. The number of carboxylic acids is 1. The Balaban J connectivity index is 1.72. The van der Waals surface area contributed by atoms with Crippen molar-refractivity contribution in [3.05, 3.63) is 34.9 Å². The van der Waals surface area contributed by atoms with Gasteiger partial charge in [0.2, 0.25) is 5.91 Å². The van der Waals surface area contributed by atoms with Gasteiger partial charge in [-0.2, -0.15) is 0 Å². The predicted molar refractivity (Wildman–Crippen MR) is 80.4 cm³/mol. The van der Waals surface area contributed by atoms with Crippen molar-refractivity contribution in [1.82, 2.24) is 10.2 Å². The number of amides is 1. The van der Waals surface area contributed by atoms with Crippen LogP contribution in [0.2, 0.25) is 5.02 Å². The standard InChI is InChI=1S/C15H19ClN2O3/c16-12-5-3-11(4-6-12)7-8-17-14(19)10-18-9-1-2-13(18)15(20)21/h3-6,13H,1-2,7-10H2,(H,17,19)(H,20,21)/t13-/m1/s1. The zero-order valence-electron chi connectivity index (χ0n) is 11.7. The minimum absolute atomic E-state index is 0.128. The van der Waals surface area contributed by atoms with Gasteiger partial charge < -0.3 is 10.4 Å². The van der Waals surface area contributed by atoms with E-state index in [4.69, 9.17) is 16.7 Å². The number of rotatable bonds is 6. The first-order valence-electron chi connectivity index (χ1n) is 7.04. The lowest BCUT2D eigenvalue weighted by atomic mass is 10.1. The van der Waals surface area contributed by atoms with E-state index in [-0.39, 0.29) is 12.5 Å². The number of carboxylic acid groups (broad SMARTS) is 1. The fourth-order valence-corrected chi connectivity index (χ4v) is 2.66. The summed E-state index contributed by atoms with van der Waals surface area (Å²) >= 11 is 5.81. The highest BCUT2D eigenvalue weighted by molar-refractivity contribution is 6.30. The van der Waals surface area contributed by atoms with E-state index in [9.17, 15) is 9.59 Å². The third kappa shape index (κ3) is 4.72. The van der Waals surface area contributed by atoms with Crippen LogP contribution in [0.25, 0.3) is 0 Å². The molecule has 6 heteroatoms. The van der Waals surface area contributed by atoms with Gasteiger partial charge in [0.25, 0.3) is 0 Å². The predicted octanol–water partition coefficient (Wildman–Crippen LogP) is 1.55. The highest BCUT2D eigenvalue weighted by Crippen LogP contribution is 2.16. The number of halogens is 1. The Morgan fingerprint density at radius 1 is 1.33 bits per heavy atom. The SMILES string of the molecule is O=C(CN1CCC[C@@H]1C(=O)O)NCCc1ccc(Cl)cc1. The van der Waals surface area contributed by atoms with E-state index in [0.29, 0.717) is 24.5 Å². The van der Waals surface area contributed by atoms with Crippen molar-refractivity contribution in [3.8, 4) is 0 Å². The van der Waals surface area contributed by atoms with Gasteiger partial charge in [0.1, 0.15) is 6.04 Å². The van der Waals surface area contributed by atoms with Crippen molar-refractivity contribution < 1.29 is 14.7 Å². The molecule has 0 unspecified atom stereocenters. The first-order valence-corrected chi connectivity index (χ1v) is 7.42. The highest BCUT2D eigenvalue weighted by atomic mass is 35.5. The summed E-state index contributed by atoms with van der Waals surface area (Å²) in [6.45, 7) is 1.35. The Morgan fingerprint density at radius 2 is 2.05 bits per heavy atom. The average Bonchev–Trinajstić information content (AvgIpc) is 2.89. The van der Waals surface area contributed by atoms with E-state index < -0.39 is 12.0 Å². The summed E-state index contributed by atoms with van der Waals surface area (Å²) in [5, 5.41) is 12.6. The van der Waals surface area contributed by atoms with Gasteiger partial charge in [-0.05, 0) is 43.5 Å². The molecule has 1 atom stereocenters. The molecule has 0 spiro atoms. The van der Waals surface area contributed by atoms with E-state index in [0.717, 1.165) is 18.4 Å². The molecule has 5 nitrogen and oxygen atoms in total. The van der Waals surface area contributed by atoms with Crippen LogP contribution in [-0.2, 0) is 16.0 Å². The molecule has 0 aromatic heterocycles. The Bertz CT molecular complexity index is 504. The lowest BCUT2D eigenvalue weighted by Gasteiger charge is -2.20. The van der Waals surface area contributed by atoms with Crippen molar-refractivity contribution in [2.45, 2.75) is 25.3 Å². The largest absolute Gasteiger partial charge is 0.480 e. The molecule has 0 bridgehead atoms. The number of hydrogen-bond donors (Lipinski definition) is 2. The van der Waals surface area contributed by atoms with Gasteiger partial charge in [0, 0.05) is 11.6 Å². The van der Waals surface area contributed by atoms with Crippen molar-refractivity contribution >= 4 is 23.5 Å². The molecule has 1 amide bonds. The van der Waals surface area contributed by atoms with Crippen LogP contribution in [0.5, 0.6) is 0 Å². The Kier molecular flexibility index (Phi) is 5.59. The van der Waals surface area contributed by atoms with Crippen LogP contribution >= 0.6 is 11.6 Å². The number of likely N-dealkylation sites (tertiary alicyclic amines) is 1. The maximum Gasteiger partial charge on any atom is 0.320 e. The van der Waals surface area contributed by atoms with Gasteiger partial charge in [-0.25, -0.2) is 0 Å². The molecule has 21 heavy (non-hydrogen) atoms. The number of nitrogens with one attached hydrogen (secondary N) is 1. The minimum Gasteiger partial charge on any atom is -0.480 e. The lowest BCUT2D eigenvalue weighted by molar-refractivity contribution is -0.142. The third-order valence-corrected chi connectivity index (χ3v) is 3.90. The Morgan fingerprint density at radius 3 is 2.71 bits per heavy atom. The van der Waals surface area contributed by atoms with Gasteiger partial charge in [0.15, 0.2) is 0 Å². The summed E-state index contributed by atoms with van der Waals surface area (Å²) in [7, 11) is 0. The van der Waals surface area contributed by atoms with Crippen molar-refractivity contribution in [2.75, 3.05) is 19.6 Å². The van der Waals surface area contributed by atoms with Crippen molar-refractivity contribution in [3.63, 3.8) is 0 Å². The minimum atomic E-state index is -0.846. The lowest BCUT2D eigenvalue weighted by Crippen LogP contribution is -2.43. The molecule has 114 valence electrons. The van der Waals surface area contributed by atoms with Crippen LogP contribution in [0.15, 0.2) is 24.3 Å². The molecule has 1 aliphatic heterocycles. The van der Waals surface area contributed by atoms with E-state index in [2.05, 4.69) is 5.32 Å². The zero-order chi connectivity index (χ0) is 15.2. The second kappa shape index (κ2) is 7.43. The van der Waals surface area contributed by atoms with E-state index in [1.807, 2.05) is 24.3 Å². The second-order valence-electron chi connectivity index (χ2n) is 5.19. The maximum atomic E-state index is 11.8. The molecule has 1 aromatic carbocycles. The van der Waals surface area contributed by atoms with Crippen molar-refractivity contribution in [2.24, 2.45) is 0 Å². The molecule has 2 N–H and O–H groups in total. The molecule has 1 fully saturated rings. The Labute approximate surface area is 128 Å². The summed E-state index contributed by atoms with van der Waals surface area (Å²) in [5.74, 6) is -0.974.